The Morgan fingerprint density at radius 2 is 2.15 bits per heavy atom. The van der Waals surface area contributed by atoms with Gasteiger partial charge in [0.2, 0.25) is 0 Å². The van der Waals surface area contributed by atoms with Gasteiger partial charge < -0.3 is 15.4 Å². The molecule has 0 amide bonds. The van der Waals surface area contributed by atoms with E-state index in [4.69, 9.17) is 4.74 Å². The zero-order valence-electron chi connectivity index (χ0n) is 12.3. The van der Waals surface area contributed by atoms with Crippen LogP contribution in [0.5, 0.6) is 0 Å². The van der Waals surface area contributed by atoms with E-state index in [0.29, 0.717) is 13.2 Å². The Kier molecular flexibility index (Phi) is 12.5. The van der Waals surface area contributed by atoms with Crippen molar-refractivity contribution in [2.24, 2.45) is 4.99 Å². The van der Waals surface area contributed by atoms with Gasteiger partial charge in [0.1, 0.15) is 0 Å². The third-order valence-electron chi connectivity index (χ3n) is 2.57. The first-order valence-electron chi connectivity index (χ1n) is 6.79. The molecule has 1 heterocycles. The van der Waals surface area contributed by atoms with Crippen molar-refractivity contribution in [1.29, 1.82) is 0 Å². The Hall–Kier alpha value is -0.890. The zero-order valence-corrected chi connectivity index (χ0v) is 14.6. The molecule has 20 heavy (non-hydrogen) atoms. The Balaban J connectivity index is 0.00000361. The minimum atomic E-state index is 0. The van der Waals surface area contributed by atoms with Crippen LogP contribution >= 0.6 is 24.0 Å². The van der Waals surface area contributed by atoms with Crippen LogP contribution in [-0.2, 0) is 11.3 Å². The van der Waals surface area contributed by atoms with Gasteiger partial charge in [-0.2, -0.15) is 0 Å². The average Bonchev–Trinajstić information content (AvgIpc) is 2.47. The number of guanidine groups is 1. The van der Waals surface area contributed by atoms with E-state index in [9.17, 15) is 0 Å². The summed E-state index contributed by atoms with van der Waals surface area (Å²) in [4.78, 5) is 8.39. The monoisotopic (exact) mass is 392 g/mol. The summed E-state index contributed by atoms with van der Waals surface area (Å²) in [6.45, 7) is 5.11. The number of nitrogens with one attached hydrogen (secondary N) is 2. The fourth-order valence-corrected chi connectivity index (χ4v) is 1.49. The quantitative estimate of drug-likeness (QED) is 0.308. The molecule has 2 N–H and O–H groups in total. The molecule has 114 valence electrons. The third-order valence-corrected chi connectivity index (χ3v) is 2.57. The number of rotatable bonds is 8. The number of ether oxygens (including phenoxy) is 1. The number of aliphatic imine (C=N–C) groups is 1. The lowest BCUT2D eigenvalue weighted by Gasteiger charge is -2.11. The fraction of sp³-hybridized carbons (Fsp3) is 0.571. The number of unbranched alkanes of at least 4 members (excludes halogenated alkanes) is 1. The van der Waals surface area contributed by atoms with Crippen molar-refractivity contribution in [2.45, 2.75) is 26.3 Å². The summed E-state index contributed by atoms with van der Waals surface area (Å²) < 4.78 is 5.47. The summed E-state index contributed by atoms with van der Waals surface area (Å²) in [5.74, 6) is 0.768. The number of nitrogens with zero attached hydrogens (tertiary/aromatic N) is 2. The van der Waals surface area contributed by atoms with Crippen LogP contribution in [0.2, 0.25) is 0 Å². The molecule has 0 bridgehead atoms. The minimum absolute atomic E-state index is 0. The van der Waals surface area contributed by atoms with Crippen LogP contribution in [0.1, 0.15) is 25.5 Å². The molecule has 1 rings (SSSR count). The summed E-state index contributed by atoms with van der Waals surface area (Å²) >= 11 is 0. The van der Waals surface area contributed by atoms with Crippen molar-refractivity contribution < 1.29 is 4.74 Å². The molecular formula is C14H25IN4O. The van der Waals surface area contributed by atoms with Gasteiger partial charge in [0, 0.05) is 26.4 Å². The smallest absolute Gasteiger partial charge is 0.191 e. The van der Waals surface area contributed by atoms with Crippen molar-refractivity contribution in [3.63, 3.8) is 0 Å². The van der Waals surface area contributed by atoms with E-state index >= 15 is 0 Å². The SMILES string of the molecule is CCCCOCCNC(=NC)NCc1ccccn1.I. The van der Waals surface area contributed by atoms with Crippen LogP contribution < -0.4 is 10.6 Å². The topological polar surface area (TPSA) is 58.5 Å². The highest BCUT2D eigenvalue weighted by Gasteiger charge is 1.98. The Bertz CT molecular complexity index is 359. The third kappa shape index (κ3) is 9.08. The number of hydrogen-bond donors (Lipinski definition) is 2. The van der Waals surface area contributed by atoms with Crippen LogP contribution in [0.4, 0.5) is 0 Å². The van der Waals surface area contributed by atoms with E-state index in [1.54, 1.807) is 13.2 Å². The van der Waals surface area contributed by atoms with Crippen LogP contribution in [0.3, 0.4) is 0 Å². The predicted octanol–water partition coefficient (Wildman–Crippen LogP) is 2.18. The van der Waals surface area contributed by atoms with Crippen LogP contribution in [0.15, 0.2) is 29.4 Å². The molecule has 0 radical (unpaired) electrons. The first-order valence-corrected chi connectivity index (χ1v) is 6.79. The van der Waals surface area contributed by atoms with Gasteiger partial charge in [-0.15, -0.1) is 24.0 Å². The highest BCUT2D eigenvalue weighted by atomic mass is 127. The second-order valence-corrected chi connectivity index (χ2v) is 4.14. The molecular weight excluding hydrogens is 367 g/mol. The van der Waals surface area contributed by atoms with E-state index in [1.807, 2.05) is 18.2 Å². The van der Waals surface area contributed by atoms with Crippen LogP contribution in [0.25, 0.3) is 0 Å². The molecule has 1 aromatic heterocycles. The van der Waals surface area contributed by atoms with Gasteiger partial charge in [0.15, 0.2) is 5.96 Å². The lowest BCUT2D eigenvalue weighted by Crippen LogP contribution is -2.38. The number of hydrogen-bond acceptors (Lipinski definition) is 3. The minimum Gasteiger partial charge on any atom is -0.380 e. The predicted molar refractivity (Wildman–Crippen MR) is 93.6 cm³/mol. The van der Waals surface area contributed by atoms with Crippen molar-refractivity contribution >= 4 is 29.9 Å². The standard InChI is InChI=1S/C14H24N4O.HI/c1-3-4-10-19-11-9-17-14(15-2)18-12-13-7-5-6-8-16-13;/h5-8H,3-4,9-12H2,1-2H3,(H2,15,17,18);1H. The van der Waals surface area contributed by atoms with E-state index in [2.05, 4.69) is 27.5 Å². The number of halogens is 1. The zero-order chi connectivity index (χ0) is 13.8. The van der Waals surface area contributed by atoms with Crippen molar-refractivity contribution in [1.82, 2.24) is 15.6 Å². The van der Waals surface area contributed by atoms with E-state index in [0.717, 1.165) is 31.2 Å². The average molecular weight is 392 g/mol. The molecule has 0 aromatic carbocycles. The maximum atomic E-state index is 5.47. The highest BCUT2D eigenvalue weighted by molar-refractivity contribution is 14.0. The summed E-state index contributed by atoms with van der Waals surface area (Å²) in [6, 6.07) is 5.86. The van der Waals surface area contributed by atoms with E-state index < -0.39 is 0 Å². The molecule has 0 saturated heterocycles. The molecule has 0 aliphatic rings. The summed E-state index contributed by atoms with van der Waals surface area (Å²) in [5, 5.41) is 6.41. The van der Waals surface area contributed by atoms with Gasteiger partial charge in [-0.1, -0.05) is 19.4 Å². The Morgan fingerprint density at radius 1 is 1.30 bits per heavy atom. The van der Waals surface area contributed by atoms with Crippen molar-refractivity contribution in [3.05, 3.63) is 30.1 Å². The number of aromatic nitrogens is 1. The van der Waals surface area contributed by atoms with Gasteiger partial charge in [-0.3, -0.25) is 9.98 Å². The largest absolute Gasteiger partial charge is 0.380 e. The fourth-order valence-electron chi connectivity index (χ4n) is 1.49. The Morgan fingerprint density at radius 3 is 2.80 bits per heavy atom. The summed E-state index contributed by atoms with van der Waals surface area (Å²) in [7, 11) is 1.76. The maximum Gasteiger partial charge on any atom is 0.191 e. The van der Waals surface area contributed by atoms with E-state index in [1.165, 1.54) is 6.42 Å². The second kappa shape index (κ2) is 13.1. The van der Waals surface area contributed by atoms with Crippen LogP contribution in [0, 0.1) is 0 Å². The maximum absolute atomic E-state index is 5.47. The highest BCUT2D eigenvalue weighted by Crippen LogP contribution is 1.91. The molecule has 6 heteroatoms. The van der Waals surface area contributed by atoms with E-state index in [-0.39, 0.29) is 24.0 Å². The molecule has 0 spiro atoms. The molecule has 0 fully saturated rings. The lowest BCUT2D eigenvalue weighted by molar-refractivity contribution is 0.136. The molecule has 0 aliphatic carbocycles. The normalized spacial score (nSPS) is 10.8. The van der Waals surface area contributed by atoms with Gasteiger partial charge in [0.25, 0.3) is 0 Å². The second-order valence-electron chi connectivity index (χ2n) is 4.14. The number of pyridine rings is 1. The van der Waals surface area contributed by atoms with Crippen molar-refractivity contribution in [2.75, 3.05) is 26.8 Å². The lowest BCUT2D eigenvalue weighted by atomic mass is 10.3. The summed E-state index contributed by atoms with van der Waals surface area (Å²) in [5.41, 5.74) is 0.990. The van der Waals surface area contributed by atoms with Crippen molar-refractivity contribution in [3.8, 4) is 0 Å². The Labute approximate surface area is 138 Å². The van der Waals surface area contributed by atoms with Gasteiger partial charge in [0.05, 0.1) is 18.8 Å². The first kappa shape index (κ1) is 19.1. The molecule has 0 atom stereocenters. The van der Waals surface area contributed by atoms with Gasteiger partial charge in [-0.25, -0.2) is 0 Å². The van der Waals surface area contributed by atoms with Gasteiger partial charge >= 0.3 is 0 Å². The molecule has 5 nitrogen and oxygen atoms in total. The first-order chi connectivity index (χ1) is 9.36. The molecule has 0 aliphatic heterocycles. The van der Waals surface area contributed by atoms with Gasteiger partial charge in [-0.05, 0) is 18.6 Å². The molecule has 1 aromatic rings. The summed E-state index contributed by atoms with van der Waals surface area (Å²) in [6.07, 6.45) is 4.07. The van der Waals surface area contributed by atoms with Crippen LogP contribution in [-0.4, -0.2) is 37.7 Å². The molecule has 0 unspecified atom stereocenters. The molecule has 0 saturated carbocycles.